The van der Waals surface area contributed by atoms with Gasteiger partial charge in [0, 0.05) is 35.3 Å². The van der Waals surface area contributed by atoms with E-state index in [2.05, 4.69) is 44.5 Å². The van der Waals surface area contributed by atoms with Gasteiger partial charge in [-0.25, -0.2) is 9.67 Å². The van der Waals surface area contributed by atoms with Crippen LogP contribution in [0.2, 0.25) is 0 Å². The molecule has 0 bridgehead atoms. The number of aryl methyl sites for hydroxylation is 4. The molecule has 7 heteroatoms. The van der Waals surface area contributed by atoms with Gasteiger partial charge in [0.25, 0.3) is 0 Å². The van der Waals surface area contributed by atoms with Crippen molar-refractivity contribution in [2.24, 2.45) is 7.05 Å². The van der Waals surface area contributed by atoms with Gasteiger partial charge in [-0.15, -0.1) is 5.10 Å². The molecule has 0 radical (unpaired) electrons. The highest BCUT2D eigenvalue weighted by molar-refractivity contribution is 5.97. The van der Waals surface area contributed by atoms with Crippen LogP contribution in [-0.4, -0.2) is 35.2 Å². The van der Waals surface area contributed by atoms with Crippen LogP contribution in [0.25, 0.3) is 33.4 Å². The van der Waals surface area contributed by atoms with E-state index in [1.165, 1.54) is 12.8 Å². The van der Waals surface area contributed by atoms with Crippen molar-refractivity contribution in [1.82, 2.24) is 35.2 Å². The zero-order valence-electron chi connectivity index (χ0n) is 15.4. The summed E-state index contributed by atoms with van der Waals surface area (Å²) in [5, 5.41) is 15.9. The Morgan fingerprint density at radius 1 is 1.12 bits per heavy atom. The van der Waals surface area contributed by atoms with Gasteiger partial charge in [0.15, 0.2) is 0 Å². The molecule has 2 N–H and O–H groups in total. The normalized spacial score (nSPS) is 14.5. The van der Waals surface area contributed by atoms with Crippen LogP contribution in [0.15, 0.2) is 12.1 Å². The van der Waals surface area contributed by atoms with Crippen LogP contribution >= 0.6 is 0 Å². The number of hydrogen-bond donors (Lipinski definition) is 2. The van der Waals surface area contributed by atoms with E-state index in [9.17, 15) is 0 Å². The second-order valence-electron chi connectivity index (χ2n) is 7.27. The highest BCUT2D eigenvalue weighted by Gasteiger charge is 2.28. The Balaban J connectivity index is 1.83. The molecule has 0 spiro atoms. The van der Waals surface area contributed by atoms with Crippen LogP contribution in [-0.2, 0) is 7.05 Å². The van der Waals surface area contributed by atoms with E-state index in [4.69, 9.17) is 4.98 Å². The Hall–Kier alpha value is -2.96. The van der Waals surface area contributed by atoms with E-state index >= 15 is 0 Å². The van der Waals surface area contributed by atoms with Crippen LogP contribution in [0.1, 0.15) is 41.7 Å². The van der Waals surface area contributed by atoms with Crippen molar-refractivity contribution in [1.29, 1.82) is 0 Å². The molecule has 4 aromatic rings. The number of imidazole rings is 1. The first-order chi connectivity index (χ1) is 12.5. The Kier molecular flexibility index (Phi) is 3.10. The summed E-state index contributed by atoms with van der Waals surface area (Å²) in [6, 6.07) is 4.35. The Bertz CT molecular complexity index is 1100. The van der Waals surface area contributed by atoms with Crippen LogP contribution in [0.5, 0.6) is 0 Å². The number of H-pyrrole nitrogens is 2. The lowest BCUT2D eigenvalue weighted by Crippen LogP contribution is -1.95. The number of aromatic amines is 2. The Labute approximate surface area is 150 Å². The van der Waals surface area contributed by atoms with E-state index in [0.29, 0.717) is 5.92 Å². The standard InChI is InChI=1S/C19H21N7/c1-9-16(10(2)23-22-9)14-7-13(18-11(3)24-25-26(18)4)8-15-17(14)21-19(20-15)12-5-6-12/h7-8,12H,5-6H2,1-4H3,(H,20,21)(H,22,23). The van der Waals surface area contributed by atoms with E-state index in [-0.39, 0.29) is 0 Å². The van der Waals surface area contributed by atoms with Crippen LogP contribution in [0.3, 0.4) is 0 Å². The zero-order chi connectivity index (χ0) is 18.0. The third-order valence-corrected chi connectivity index (χ3v) is 5.24. The minimum absolute atomic E-state index is 0.574. The maximum Gasteiger partial charge on any atom is 0.110 e. The van der Waals surface area contributed by atoms with E-state index < -0.39 is 0 Å². The summed E-state index contributed by atoms with van der Waals surface area (Å²) in [5.74, 6) is 1.67. The Morgan fingerprint density at radius 3 is 2.54 bits per heavy atom. The van der Waals surface area contributed by atoms with Crippen molar-refractivity contribution < 1.29 is 0 Å². The van der Waals surface area contributed by atoms with Crippen LogP contribution in [0, 0.1) is 20.8 Å². The zero-order valence-corrected chi connectivity index (χ0v) is 15.4. The lowest BCUT2D eigenvalue weighted by molar-refractivity contribution is 0.719. The molecule has 1 saturated carbocycles. The van der Waals surface area contributed by atoms with E-state index in [1.807, 2.05) is 25.6 Å². The maximum absolute atomic E-state index is 4.94. The van der Waals surface area contributed by atoms with Gasteiger partial charge in [0.1, 0.15) is 5.82 Å². The predicted octanol–water partition coefficient (Wildman–Crippen LogP) is 3.55. The topological polar surface area (TPSA) is 88.1 Å². The van der Waals surface area contributed by atoms with Crippen molar-refractivity contribution in [2.75, 3.05) is 0 Å². The minimum atomic E-state index is 0.574. The summed E-state index contributed by atoms with van der Waals surface area (Å²) in [4.78, 5) is 8.49. The van der Waals surface area contributed by atoms with E-state index in [0.717, 1.165) is 56.3 Å². The molecular weight excluding hydrogens is 326 g/mol. The summed E-state index contributed by atoms with van der Waals surface area (Å²) in [6.45, 7) is 6.07. The molecule has 0 saturated heterocycles. The fourth-order valence-corrected chi connectivity index (χ4v) is 3.82. The fraction of sp³-hybridized carbons (Fsp3) is 0.368. The smallest absolute Gasteiger partial charge is 0.110 e. The molecule has 0 atom stereocenters. The number of hydrogen-bond acceptors (Lipinski definition) is 4. The van der Waals surface area contributed by atoms with Crippen LogP contribution in [0.4, 0.5) is 0 Å². The first-order valence-electron chi connectivity index (χ1n) is 8.95. The average molecular weight is 347 g/mol. The molecule has 0 amide bonds. The summed E-state index contributed by atoms with van der Waals surface area (Å²) in [7, 11) is 1.93. The molecule has 0 unspecified atom stereocenters. The summed E-state index contributed by atoms with van der Waals surface area (Å²) in [6.07, 6.45) is 2.44. The molecule has 1 fully saturated rings. The maximum atomic E-state index is 4.94. The molecule has 1 aliphatic carbocycles. The number of fused-ring (bicyclic) bond motifs is 1. The monoisotopic (exact) mass is 347 g/mol. The fourth-order valence-electron chi connectivity index (χ4n) is 3.82. The minimum Gasteiger partial charge on any atom is -0.342 e. The highest BCUT2D eigenvalue weighted by Crippen LogP contribution is 2.42. The number of rotatable bonds is 3. The molecule has 0 aliphatic heterocycles. The second-order valence-corrected chi connectivity index (χ2v) is 7.27. The van der Waals surface area contributed by atoms with Crippen molar-refractivity contribution in [3.05, 3.63) is 35.0 Å². The molecule has 1 aromatic carbocycles. The molecule has 3 heterocycles. The lowest BCUT2D eigenvalue weighted by Gasteiger charge is -2.08. The van der Waals surface area contributed by atoms with Gasteiger partial charge in [-0.2, -0.15) is 5.10 Å². The average Bonchev–Trinajstić information content (AvgIpc) is 3.17. The van der Waals surface area contributed by atoms with Gasteiger partial charge in [-0.3, -0.25) is 5.10 Å². The van der Waals surface area contributed by atoms with Crippen molar-refractivity contribution in [2.45, 2.75) is 39.5 Å². The number of nitrogens with one attached hydrogen (secondary N) is 2. The van der Waals surface area contributed by atoms with Crippen molar-refractivity contribution >= 4 is 11.0 Å². The van der Waals surface area contributed by atoms with Crippen molar-refractivity contribution in [3.63, 3.8) is 0 Å². The number of aromatic nitrogens is 7. The van der Waals surface area contributed by atoms with Gasteiger partial charge in [0.05, 0.1) is 28.1 Å². The molecular formula is C19H21N7. The summed E-state index contributed by atoms with van der Waals surface area (Å²) in [5.41, 5.74) is 9.35. The SMILES string of the molecule is Cc1n[nH]c(C)c1-c1cc(-c2c(C)nnn2C)cc2[nH]c(C3CC3)nc12. The summed E-state index contributed by atoms with van der Waals surface area (Å²) < 4.78 is 1.83. The molecule has 7 nitrogen and oxygen atoms in total. The molecule has 1 aliphatic rings. The summed E-state index contributed by atoms with van der Waals surface area (Å²) >= 11 is 0. The second kappa shape index (κ2) is 5.27. The first-order valence-corrected chi connectivity index (χ1v) is 8.95. The Morgan fingerprint density at radius 2 is 1.92 bits per heavy atom. The molecule has 5 rings (SSSR count). The van der Waals surface area contributed by atoms with Gasteiger partial charge in [-0.1, -0.05) is 5.21 Å². The van der Waals surface area contributed by atoms with Crippen LogP contribution < -0.4 is 0 Å². The third kappa shape index (κ3) is 2.20. The van der Waals surface area contributed by atoms with Gasteiger partial charge in [-0.05, 0) is 45.7 Å². The quantitative estimate of drug-likeness (QED) is 0.593. The van der Waals surface area contributed by atoms with Gasteiger partial charge >= 0.3 is 0 Å². The third-order valence-electron chi connectivity index (χ3n) is 5.24. The molecule has 3 aromatic heterocycles. The molecule has 132 valence electrons. The number of nitrogens with zero attached hydrogens (tertiary/aromatic N) is 5. The predicted molar refractivity (Wildman–Crippen MR) is 99.9 cm³/mol. The lowest BCUT2D eigenvalue weighted by atomic mass is 9.98. The first kappa shape index (κ1) is 15.3. The highest BCUT2D eigenvalue weighted by atomic mass is 15.4. The van der Waals surface area contributed by atoms with E-state index in [1.54, 1.807) is 0 Å². The van der Waals surface area contributed by atoms with Crippen molar-refractivity contribution in [3.8, 4) is 22.4 Å². The van der Waals surface area contributed by atoms with Gasteiger partial charge < -0.3 is 4.98 Å². The molecule has 26 heavy (non-hydrogen) atoms. The largest absolute Gasteiger partial charge is 0.342 e. The number of benzene rings is 1. The van der Waals surface area contributed by atoms with Gasteiger partial charge in [0.2, 0.25) is 0 Å².